The van der Waals surface area contributed by atoms with E-state index in [9.17, 15) is 27.9 Å². The molecular weight excluding hydrogens is 594 g/mol. The lowest BCUT2D eigenvalue weighted by Crippen LogP contribution is -2.36. The number of rotatable bonds is 4. The van der Waals surface area contributed by atoms with Gasteiger partial charge in [0.05, 0.1) is 5.57 Å². The Morgan fingerprint density at radius 2 is 1.69 bits per heavy atom. The van der Waals surface area contributed by atoms with Crippen molar-refractivity contribution in [2.75, 3.05) is 29.9 Å². The van der Waals surface area contributed by atoms with Gasteiger partial charge in [-0.3, -0.25) is 14.9 Å². The molecule has 0 radical (unpaired) electrons. The third-order valence-corrected chi connectivity index (χ3v) is 6.39. The van der Waals surface area contributed by atoms with E-state index in [-0.39, 0.29) is 12.5 Å². The van der Waals surface area contributed by atoms with Crippen molar-refractivity contribution in [2.45, 2.75) is 19.0 Å². The first-order valence-electron chi connectivity index (χ1n) is 10.9. The van der Waals surface area contributed by atoms with Crippen molar-refractivity contribution >= 4 is 57.3 Å². The molecule has 0 atom stereocenters. The first kappa shape index (κ1) is 27.5. The summed E-state index contributed by atoms with van der Waals surface area (Å²) in [7, 11) is 0. The van der Waals surface area contributed by atoms with Gasteiger partial charge in [-0.2, -0.15) is 13.2 Å². The second kappa shape index (κ2) is 11.7. The number of amides is 2. The number of nitrogens with one attached hydrogen (secondary N) is 2. The molecule has 8 nitrogen and oxygen atoms in total. The minimum absolute atomic E-state index is 0.271. The Balaban J connectivity index is 0.000000454. The summed E-state index contributed by atoms with van der Waals surface area (Å²) in [6, 6.07) is 13.5. The second-order valence-electron chi connectivity index (χ2n) is 8.14. The molecule has 2 aromatic carbocycles. The summed E-state index contributed by atoms with van der Waals surface area (Å²) >= 11 is 2.17. The van der Waals surface area contributed by atoms with Crippen molar-refractivity contribution in [1.29, 1.82) is 0 Å². The molecule has 4 rings (SSSR count). The van der Waals surface area contributed by atoms with Crippen molar-refractivity contribution in [2.24, 2.45) is 5.92 Å². The van der Waals surface area contributed by atoms with Gasteiger partial charge in [-0.05, 0) is 83.8 Å². The van der Waals surface area contributed by atoms with E-state index in [2.05, 4.69) is 50.3 Å². The molecule has 0 aliphatic carbocycles. The maximum absolute atomic E-state index is 12.3. The lowest BCUT2D eigenvalue weighted by molar-refractivity contribution is -0.192. The number of carbonyl (C=O) groups excluding carboxylic acids is 2. The van der Waals surface area contributed by atoms with Gasteiger partial charge in [-0.25, -0.2) is 4.79 Å². The number of nitrogens with zero attached hydrogens (tertiary/aromatic N) is 1. The van der Waals surface area contributed by atoms with E-state index in [4.69, 9.17) is 9.90 Å². The van der Waals surface area contributed by atoms with Gasteiger partial charge in [0.2, 0.25) is 0 Å². The number of fused-ring (bicyclic) bond motifs is 1. The highest BCUT2D eigenvalue weighted by Crippen LogP contribution is 2.27. The third-order valence-electron chi connectivity index (χ3n) is 5.72. The number of carboxylic acid groups (broad SMARTS) is 1. The summed E-state index contributed by atoms with van der Waals surface area (Å²) in [5.41, 5.74) is 3.60. The summed E-state index contributed by atoms with van der Waals surface area (Å²) in [5.74, 6) is -3.11. The van der Waals surface area contributed by atoms with Crippen molar-refractivity contribution in [3.05, 3.63) is 63.4 Å². The molecule has 0 spiro atoms. The molecular formula is C24H23F3IN3O5. The summed E-state index contributed by atoms with van der Waals surface area (Å²) in [5, 5.41) is 22.0. The number of imide groups is 1. The quantitative estimate of drug-likeness (QED) is 0.234. The number of halogens is 4. The highest BCUT2D eigenvalue weighted by atomic mass is 127. The SMILES string of the molecule is O=C(O)C(F)(F)F.O=C1NC(=O)c2ccc(I)cc2/C1=C/Nc1ccc(N2CCC(CO)CC2)cc1. The van der Waals surface area contributed by atoms with Crippen LogP contribution in [0.1, 0.15) is 28.8 Å². The predicted molar refractivity (Wildman–Crippen MR) is 135 cm³/mol. The highest BCUT2D eigenvalue weighted by molar-refractivity contribution is 14.1. The van der Waals surface area contributed by atoms with E-state index < -0.39 is 18.1 Å². The predicted octanol–water partition coefficient (Wildman–Crippen LogP) is 3.86. The number of piperidine rings is 1. The number of alkyl halides is 3. The fourth-order valence-corrected chi connectivity index (χ4v) is 4.23. The smallest absolute Gasteiger partial charge is 0.475 e. The summed E-state index contributed by atoms with van der Waals surface area (Å²) in [6.07, 6.45) is -1.41. The van der Waals surface area contributed by atoms with Crippen LogP contribution in [0.4, 0.5) is 24.5 Å². The van der Waals surface area contributed by atoms with Gasteiger partial charge < -0.3 is 20.4 Å². The molecule has 1 fully saturated rings. The Bertz CT molecular complexity index is 1160. The number of aliphatic hydroxyl groups excluding tert-OH is 1. The van der Waals surface area contributed by atoms with Crippen LogP contribution >= 0.6 is 22.6 Å². The number of carboxylic acids is 1. The first-order chi connectivity index (χ1) is 17.0. The molecule has 12 heteroatoms. The lowest BCUT2D eigenvalue weighted by atomic mass is 9.95. The number of aliphatic hydroxyl groups is 1. The molecule has 2 amide bonds. The molecule has 1 saturated heterocycles. The van der Waals surface area contributed by atoms with Crippen LogP contribution in [0.15, 0.2) is 48.7 Å². The van der Waals surface area contributed by atoms with Crippen molar-refractivity contribution in [1.82, 2.24) is 5.32 Å². The van der Waals surface area contributed by atoms with Crippen LogP contribution in [-0.2, 0) is 9.59 Å². The zero-order valence-corrected chi connectivity index (χ0v) is 21.0. The largest absolute Gasteiger partial charge is 0.490 e. The number of carbonyl (C=O) groups is 3. The number of aliphatic carboxylic acids is 1. The summed E-state index contributed by atoms with van der Waals surface area (Å²) in [4.78, 5) is 35.6. The summed E-state index contributed by atoms with van der Waals surface area (Å²) in [6.45, 7) is 2.17. The fraction of sp³-hybridized carbons (Fsp3) is 0.292. The van der Waals surface area contributed by atoms with Gasteiger partial charge in [-0.1, -0.05) is 0 Å². The molecule has 2 heterocycles. The summed E-state index contributed by atoms with van der Waals surface area (Å²) < 4.78 is 32.7. The third kappa shape index (κ3) is 6.97. The molecule has 2 aliphatic heterocycles. The van der Waals surface area contributed by atoms with Crippen LogP contribution in [0.5, 0.6) is 0 Å². The van der Waals surface area contributed by atoms with Crippen molar-refractivity contribution < 1.29 is 37.8 Å². The molecule has 0 aromatic heterocycles. The van der Waals surface area contributed by atoms with Crippen LogP contribution in [0, 0.1) is 9.49 Å². The number of hydrogen-bond donors (Lipinski definition) is 4. The molecule has 0 unspecified atom stereocenters. The number of anilines is 2. The van der Waals surface area contributed by atoms with E-state index in [1.165, 1.54) is 0 Å². The Hall–Kier alpha value is -3.13. The molecule has 2 aliphatic rings. The molecule has 0 saturated carbocycles. The van der Waals surface area contributed by atoms with Gasteiger partial charge >= 0.3 is 12.1 Å². The number of hydrogen-bond acceptors (Lipinski definition) is 6. The topological polar surface area (TPSA) is 119 Å². The normalized spacial score (nSPS) is 17.1. The Morgan fingerprint density at radius 3 is 2.25 bits per heavy atom. The molecule has 0 bridgehead atoms. The minimum Gasteiger partial charge on any atom is -0.475 e. The standard InChI is InChI=1S/C22H22IN3O3.C2HF3O2/c23-15-1-6-18-19(11-15)20(22(29)25-21(18)28)12-24-16-2-4-17(5-3-16)26-9-7-14(13-27)8-10-26;3-2(4,5)1(6)7/h1-6,11-12,14,24,27H,7-10,13H2,(H,25,28,29);(H,6,7)/b20-12-;. The van der Waals surface area contributed by atoms with Crippen LogP contribution in [-0.4, -0.2) is 53.9 Å². The average molecular weight is 617 g/mol. The van der Waals surface area contributed by atoms with E-state index in [0.717, 1.165) is 40.9 Å². The van der Waals surface area contributed by atoms with E-state index in [0.29, 0.717) is 22.6 Å². The Morgan fingerprint density at radius 1 is 1.08 bits per heavy atom. The van der Waals surface area contributed by atoms with Crippen molar-refractivity contribution in [3.8, 4) is 0 Å². The highest BCUT2D eigenvalue weighted by Gasteiger charge is 2.38. The van der Waals surface area contributed by atoms with Crippen LogP contribution in [0.3, 0.4) is 0 Å². The van der Waals surface area contributed by atoms with Crippen LogP contribution in [0.25, 0.3) is 5.57 Å². The monoisotopic (exact) mass is 617 g/mol. The second-order valence-corrected chi connectivity index (χ2v) is 9.38. The van der Waals surface area contributed by atoms with Gasteiger partial charge in [0.25, 0.3) is 11.8 Å². The number of benzene rings is 2. The first-order valence-corrected chi connectivity index (χ1v) is 12.0. The van der Waals surface area contributed by atoms with E-state index in [1.807, 2.05) is 24.3 Å². The van der Waals surface area contributed by atoms with Gasteiger partial charge in [0, 0.05) is 52.0 Å². The average Bonchev–Trinajstić information content (AvgIpc) is 2.84. The van der Waals surface area contributed by atoms with Crippen LogP contribution < -0.4 is 15.5 Å². The van der Waals surface area contributed by atoms with Crippen LogP contribution in [0.2, 0.25) is 0 Å². The maximum Gasteiger partial charge on any atom is 0.490 e. The molecule has 36 heavy (non-hydrogen) atoms. The molecule has 4 N–H and O–H groups in total. The Labute approximate surface area is 218 Å². The fourth-order valence-electron chi connectivity index (χ4n) is 3.74. The van der Waals surface area contributed by atoms with Gasteiger partial charge in [0.1, 0.15) is 0 Å². The zero-order valence-electron chi connectivity index (χ0n) is 18.8. The lowest BCUT2D eigenvalue weighted by Gasteiger charge is -2.32. The van der Waals surface area contributed by atoms with Crippen molar-refractivity contribution in [3.63, 3.8) is 0 Å². The Kier molecular flexibility index (Phi) is 8.95. The van der Waals surface area contributed by atoms with Gasteiger partial charge in [-0.15, -0.1) is 0 Å². The van der Waals surface area contributed by atoms with E-state index in [1.54, 1.807) is 12.3 Å². The maximum atomic E-state index is 12.3. The minimum atomic E-state index is -5.08. The molecule has 192 valence electrons. The van der Waals surface area contributed by atoms with Gasteiger partial charge in [0.15, 0.2) is 0 Å². The van der Waals surface area contributed by atoms with E-state index >= 15 is 0 Å². The molecule has 2 aromatic rings. The zero-order chi connectivity index (χ0) is 26.5.